The smallest absolute Gasteiger partial charge is 0.231 e. The number of hydrogen-bond acceptors (Lipinski definition) is 2. The largest absolute Gasteiger partial charge is 0.369 e. The minimum Gasteiger partial charge on any atom is -0.369 e. The van der Waals surface area contributed by atoms with Crippen LogP contribution in [0, 0.1) is 5.92 Å². The molecule has 4 heteroatoms. The van der Waals surface area contributed by atoms with Crippen molar-refractivity contribution in [1.82, 2.24) is 4.90 Å². The summed E-state index contributed by atoms with van der Waals surface area (Å²) in [5, 5.41) is 0.728. The van der Waals surface area contributed by atoms with Crippen LogP contribution in [0.2, 0.25) is 5.02 Å². The zero-order valence-corrected chi connectivity index (χ0v) is 11.1. The van der Waals surface area contributed by atoms with Crippen molar-refractivity contribution in [3.05, 3.63) is 34.9 Å². The predicted molar refractivity (Wildman–Crippen MR) is 70.8 cm³/mol. The van der Waals surface area contributed by atoms with Gasteiger partial charge >= 0.3 is 0 Å². The van der Waals surface area contributed by atoms with Gasteiger partial charge in [-0.3, -0.25) is 9.69 Å². The summed E-state index contributed by atoms with van der Waals surface area (Å²) >= 11 is 6.10. The summed E-state index contributed by atoms with van der Waals surface area (Å²) in [5.41, 5.74) is 6.27. The fourth-order valence-corrected chi connectivity index (χ4v) is 1.98. The molecule has 0 aliphatic carbocycles. The van der Waals surface area contributed by atoms with Crippen LogP contribution in [-0.2, 0) is 11.3 Å². The lowest BCUT2D eigenvalue weighted by Crippen LogP contribution is -2.35. The lowest BCUT2D eigenvalue weighted by molar-refractivity contribution is -0.119. The number of halogens is 1. The van der Waals surface area contributed by atoms with Gasteiger partial charge in [0.05, 0.1) is 6.54 Å². The maximum atomic E-state index is 11.0. The van der Waals surface area contributed by atoms with Gasteiger partial charge in [-0.05, 0) is 17.5 Å². The van der Waals surface area contributed by atoms with Gasteiger partial charge < -0.3 is 5.73 Å². The van der Waals surface area contributed by atoms with Crippen molar-refractivity contribution in [3.63, 3.8) is 0 Å². The molecule has 0 heterocycles. The Kier molecular flexibility index (Phi) is 5.45. The molecule has 0 spiro atoms. The van der Waals surface area contributed by atoms with Crippen LogP contribution in [0.25, 0.3) is 0 Å². The predicted octanol–water partition coefficient (Wildman–Crippen LogP) is 2.28. The molecule has 0 saturated carbocycles. The molecule has 1 amide bonds. The van der Waals surface area contributed by atoms with Crippen molar-refractivity contribution < 1.29 is 4.79 Å². The molecule has 0 fully saturated rings. The van der Waals surface area contributed by atoms with E-state index in [1.165, 1.54) is 0 Å². The molecule has 0 aliphatic rings. The zero-order chi connectivity index (χ0) is 12.8. The highest BCUT2D eigenvalue weighted by Crippen LogP contribution is 2.17. The van der Waals surface area contributed by atoms with E-state index in [0.717, 1.165) is 17.1 Å². The van der Waals surface area contributed by atoms with Crippen molar-refractivity contribution in [2.75, 3.05) is 13.1 Å². The van der Waals surface area contributed by atoms with Gasteiger partial charge in [-0.15, -0.1) is 0 Å². The average molecular weight is 255 g/mol. The Morgan fingerprint density at radius 1 is 1.41 bits per heavy atom. The number of amides is 1. The molecule has 2 N–H and O–H groups in total. The van der Waals surface area contributed by atoms with Crippen LogP contribution in [0.3, 0.4) is 0 Å². The Hall–Kier alpha value is -1.06. The van der Waals surface area contributed by atoms with Gasteiger partial charge in [0.15, 0.2) is 0 Å². The summed E-state index contributed by atoms with van der Waals surface area (Å²) in [4.78, 5) is 13.0. The molecule has 1 aromatic rings. The normalized spacial score (nSPS) is 11.1. The summed E-state index contributed by atoms with van der Waals surface area (Å²) in [6.07, 6.45) is 0. The maximum absolute atomic E-state index is 11.0. The first-order valence-electron chi connectivity index (χ1n) is 5.73. The third kappa shape index (κ3) is 5.20. The molecule has 0 aromatic heterocycles. The van der Waals surface area contributed by atoms with Gasteiger partial charge in [-0.25, -0.2) is 0 Å². The van der Waals surface area contributed by atoms with Gasteiger partial charge in [0.2, 0.25) is 5.91 Å². The molecular formula is C13H19ClN2O. The quantitative estimate of drug-likeness (QED) is 0.847. The number of nitrogens with two attached hydrogens (primary N) is 1. The van der Waals surface area contributed by atoms with Crippen LogP contribution in [-0.4, -0.2) is 23.9 Å². The number of nitrogens with zero attached hydrogens (tertiary/aromatic N) is 1. The number of carbonyl (C=O) groups is 1. The van der Waals surface area contributed by atoms with E-state index in [0.29, 0.717) is 12.5 Å². The Morgan fingerprint density at radius 2 is 2.06 bits per heavy atom. The Morgan fingerprint density at radius 3 is 2.59 bits per heavy atom. The second kappa shape index (κ2) is 6.62. The third-order valence-corrected chi connectivity index (χ3v) is 2.72. The summed E-state index contributed by atoms with van der Waals surface area (Å²) < 4.78 is 0. The van der Waals surface area contributed by atoms with Crippen molar-refractivity contribution in [2.24, 2.45) is 11.7 Å². The van der Waals surface area contributed by atoms with E-state index < -0.39 is 0 Å². The van der Waals surface area contributed by atoms with Crippen LogP contribution in [0.1, 0.15) is 19.4 Å². The summed E-state index contributed by atoms with van der Waals surface area (Å²) in [5.74, 6) is 0.176. The van der Waals surface area contributed by atoms with E-state index in [1.54, 1.807) is 0 Å². The molecule has 1 aromatic carbocycles. The fraction of sp³-hybridized carbons (Fsp3) is 0.462. The summed E-state index contributed by atoms with van der Waals surface area (Å²) in [7, 11) is 0. The second-order valence-corrected chi connectivity index (χ2v) is 5.03. The van der Waals surface area contributed by atoms with Gasteiger partial charge in [0.25, 0.3) is 0 Å². The lowest BCUT2D eigenvalue weighted by atomic mass is 10.1. The molecule has 0 bridgehead atoms. The number of benzene rings is 1. The van der Waals surface area contributed by atoms with E-state index in [1.807, 2.05) is 29.2 Å². The molecule has 0 aliphatic heterocycles. The highest BCUT2D eigenvalue weighted by molar-refractivity contribution is 6.31. The second-order valence-electron chi connectivity index (χ2n) is 4.62. The van der Waals surface area contributed by atoms with Crippen molar-refractivity contribution >= 4 is 17.5 Å². The minimum atomic E-state index is -0.308. The van der Waals surface area contributed by atoms with Crippen LogP contribution >= 0.6 is 11.6 Å². The van der Waals surface area contributed by atoms with E-state index in [2.05, 4.69) is 13.8 Å². The Labute approximate surface area is 108 Å². The third-order valence-electron chi connectivity index (χ3n) is 2.35. The van der Waals surface area contributed by atoms with Crippen LogP contribution in [0.15, 0.2) is 24.3 Å². The zero-order valence-electron chi connectivity index (χ0n) is 10.3. The highest BCUT2D eigenvalue weighted by Gasteiger charge is 2.12. The van der Waals surface area contributed by atoms with Crippen LogP contribution in [0.5, 0.6) is 0 Å². The minimum absolute atomic E-state index is 0.267. The first-order chi connectivity index (χ1) is 7.99. The van der Waals surface area contributed by atoms with E-state index in [-0.39, 0.29) is 12.5 Å². The van der Waals surface area contributed by atoms with E-state index >= 15 is 0 Å². The van der Waals surface area contributed by atoms with Crippen LogP contribution < -0.4 is 5.73 Å². The van der Waals surface area contributed by atoms with Crippen molar-refractivity contribution in [3.8, 4) is 0 Å². The summed E-state index contributed by atoms with van der Waals surface area (Å²) in [6, 6.07) is 7.66. The Bertz CT molecular complexity index is 379. The van der Waals surface area contributed by atoms with Crippen molar-refractivity contribution in [2.45, 2.75) is 20.4 Å². The lowest BCUT2D eigenvalue weighted by Gasteiger charge is -2.23. The molecule has 0 atom stereocenters. The van der Waals surface area contributed by atoms with Gasteiger partial charge in [0.1, 0.15) is 0 Å². The van der Waals surface area contributed by atoms with Crippen molar-refractivity contribution in [1.29, 1.82) is 0 Å². The molecular weight excluding hydrogens is 236 g/mol. The Balaban J connectivity index is 2.71. The number of carbonyl (C=O) groups excluding carboxylic acids is 1. The monoisotopic (exact) mass is 254 g/mol. The van der Waals surface area contributed by atoms with Gasteiger partial charge in [0, 0.05) is 18.1 Å². The van der Waals surface area contributed by atoms with Gasteiger partial charge in [-0.2, -0.15) is 0 Å². The molecule has 0 saturated heterocycles. The molecule has 1 rings (SSSR count). The average Bonchev–Trinajstić information content (AvgIpc) is 2.19. The highest BCUT2D eigenvalue weighted by atomic mass is 35.5. The molecule has 0 radical (unpaired) electrons. The van der Waals surface area contributed by atoms with Gasteiger partial charge in [-0.1, -0.05) is 43.6 Å². The number of rotatable bonds is 6. The first-order valence-corrected chi connectivity index (χ1v) is 6.11. The fourth-order valence-electron chi connectivity index (χ4n) is 1.79. The van der Waals surface area contributed by atoms with Crippen LogP contribution in [0.4, 0.5) is 0 Å². The maximum Gasteiger partial charge on any atom is 0.231 e. The number of primary amides is 1. The van der Waals surface area contributed by atoms with E-state index in [9.17, 15) is 4.79 Å². The number of hydrogen-bond donors (Lipinski definition) is 1. The molecule has 0 unspecified atom stereocenters. The molecule has 94 valence electrons. The molecule has 3 nitrogen and oxygen atoms in total. The SMILES string of the molecule is CC(C)CN(CC(N)=O)Cc1ccccc1Cl. The van der Waals surface area contributed by atoms with E-state index in [4.69, 9.17) is 17.3 Å². The standard InChI is InChI=1S/C13H19ClN2O/c1-10(2)7-16(9-13(15)17)8-11-5-3-4-6-12(11)14/h3-6,10H,7-9H2,1-2H3,(H2,15,17). The summed E-state index contributed by atoms with van der Waals surface area (Å²) in [6.45, 7) is 5.97. The molecule has 17 heavy (non-hydrogen) atoms. The topological polar surface area (TPSA) is 46.3 Å². The first kappa shape index (κ1) is 14.0.